The number of rotatable bonds is 5. The van der Waals surface area contributed by atoms with Gasteiger partial charge in [0.05, 0.1) is 5.69 Å². The first kappa shape index (κ1) is 13.5. The van der Waals surface area contributed by atoms with Gasteiger partial charge in [0.25, 0.3) is 0 Å². The molecule has 0 heterocycles. The lowest BCUT2D eigenvalue weighted by atomic mass is 10.2. The number of hydrogen-bond acceptors (Lipinski definition) is 2. The Balaban J connectivity index is 2.84. The van der Waals surface area contributed by atoms with Crippen molar-refractivity contribution in [2.45, 2.75) is 5.33 Å². The van der Waals surface area contributed by atoms with Crippen molar-refractivity contribution < 1.29 is 4.39 Å². The third-order valence-corrected chi connectivity index (χ3v) is 3.08. The number of nitrogens with zero attached hydrogens (tertiary/aromatic N) is 2. The van der Waals surface area contributed by atoms with E-state index in [9.17, 15) is 4.39 Å². The summed E-state index contributed by atoms with van der Waals surface area (Å²) in [5.74, 6) is -0.154. The molecule has 0 aliphatic carbocycles. The second-order valence-electron chi connectivity index (χ2n) is 4.11. The van der Waals surface area contributed by atoms with Crippen LogP contribution in [0, 0.1) is 5.82 Å². The summed E-state index contributed by atoms with van der Waals surface area (Å²) in [6.45, 7) is 1.72. The lowest BCUT2D eigenvalue weighted by Gasteiger charge is -2.24. The fraction of sp³-hybridized carbons (Fsp3) is 0.500. The van der Waals surface area contributed by atoms with Gasteiger partial charge in [0.2, 0.25) is 0 Å². The quantitative estimate of drug-likeness (QED) is 0.769. The maximum absolute atomic E-state index is 13.7. The van der Waals surface area contributed by atoms with Crippen LogP contribution in [0.15, 0.2) is 18.2 Å². The molecular formula is C12H18BrFN2. The third kappa shape index (κ3) is 3.46. The first-order chi connectivity index (χ1) is 7.56. The van der Waals surface area contributed by atoms with E-state index in [-0.39, 0.29) is 5.82 Å². The van der Waals surface area contributed by atoms with Crippen LogP contribution < -0.4 is 4.90 Å². The van der Waals surface area contributed by atoms with Gasteiger partial charge in [-0.2, -0.15) is 0 Å². The van der Waals surface area contributed by atoms with Crippen molar-refractivity contribution in [3.63, 3.8) is 0 Å². The zero-order valence-corrected chi connectivity index (χ0v) is 11.6. The lowest BCUT2D eigenvalue weighted by molar-refractivity contribution is 0.415. The molecule has 0 aliphatic rings. The van der Waals surface area contributed by atoms with Gasteiger partial charge >= 0.3 is 0 Å². The van der Waals surface area contributed by atoms with E-state index in [4.69, 9.17) is 0 Å². The van der Waals surface area contributed by atoms with Crippen molar-refractivity contribution in [2.24, 2.45) is 0 Å². The summed E-state index contributed by atoms with van der Waals surface area (Å²) in [4.78, 5) is 4.05. The molecule has 16 heavy (non-hydrogen) atoms. The number of alkyl halides is 1. The van der Waals surface area contributed by atoms with Crippen molar-refractivity contribution in [3.8, 4) is 0 Å². The standard InChI is InChI=1S/C12H18BrFN2/c1-15(2)7-8-16(3)12-10(9-13)5-4-6-11(12)14/h4-6H,7-9H2,1-3H3. The number of likely N-dealkylation sites (N-methyl/N-ethyl adjacent to an activating group) is 2. The SMILES string of the molecule is CN(C)CCN(C)c1c(F)cccc1CBr. The molecule has 0 fully saturated rings. The van der Waals surface area contributed by atoms with Crippen molar-refractivity contribution in [3.05, 3.63) is 29.6 Å². The van der Waals surface area contributed by atoms with Gasteiger partial charge in [-0.25, -0.2) is 4.39 Å². The number of anilines is 1. The van der Waals surface area contributed by atoms with Gasteiger partial charge in [-0.15, -0.1) is 0 Å². The summed E-state index contributed by atoms with van der Waals surface area (Å²) >= 11 is 3.39. The highest BCUT2D eigenvalue weighted by atomic mass is 79.9. The summed E-state index contributed by atoms with van der Waals surface area (Å²) in [6.07, 6.45) is 0. The van der Waals surface area contributed by atoms with Crippen molar-refractivity contribution in [2.75, 3.05) is 39.1 Å². The van der Waals surface area contributed by atoms with Gasteiger partial charge in [-0.1, -0.05) is 28.1 Å². The highest BCUT2D eigenvalue weighted by molar-refractivity contribution is 9.08. The molecule has 0 aliphatic heterocycles. The van der Waals surface area contributed by atoms with E-state index in [1.54, 1.807) is 6.07 Å². The van der Waals surface area contributed by atoms with E-state index in [2.05, 4.69) is 20.8 Å². The molecule has 0 saturated carbocycles. The van der Waals surface area contributed by atoms with Crippen LogP contribution in [0.1, 0.15) is 5.56 Å². The van der Waals surface area contributed by atoms with Crippen LogP contribution in [0.2, 0.25) is 0 Å². The Hall–Kier alpha value is -0.610. The molecule has 0 spiro atoms. The molecule has 0 atom stereocenters. The Morgan fingerprint density at radius 3 is 2.44 bits per heavy atom. The minimum atomic E-state index is -0.154. The Morgan fingerprint density at radius 1 is 1.19 bits per heavy atom. The van der Waals surface area contributed by atoms with E-state index in [1.165, 1.54) is 6.07 Å². The van der Waals surface area contributed by atoms with Crippen LogP contribution in [-0.2, 0) is 5.33 Å². The molecule has 4 heteroatoms. The zero-order valence-electron chi connectivity index (χ0n) is 10.0. The average molecular weight is 289 g/mol. The highest BCUT2D eigenvalue weighted by Crippen LogP contribution is 2.25. The predicted octanol–water partition coefficient (Wildman–Crippen LogP) is 2.72. The number of benzene rings is 1. The van der Waals surface area contributed by atoms with Gasteiger partial charge in [0, 0.05) is 25.5 Å². The summed E-state index contributed by atoms with van der Waals surface area (Å²) in [5, 5.41) is 0.673. The van der Waals surface area contributed by atoms with Crippen LogP contribution >= 0.6 is 15.9 Å². The first-order valence-corrected chi connectivity index (χ1v) is 6.37. The van der Waals surface area contributed by atoms with E-state index < -0.39 is 0 Å². The molecule has 0 unspecified atom stereocenters. The molecule has 2 nitrogen and oxygen atoms in total. The molecule has 1 aromatic carbocycles. The van der Waals surface area contributed by atoms with Gasteiger partial charge in [0.15, 0.2) is 0 Å². The minimum absolute atomic E-state index is 0.154. The third-order valence-electron chi connectivity index (χ3n) is 2.48. The lowest BCUT2D eigenvalue weighted by Crippen LogP contribution is -2.29. The Labute approximate surface area is 105 Å². The molecule has 0 saturated heterocycles. The minimum Gasteiger partial charge on any atom is -0.371 e. The molecule has 0 bridgehead atoms. The first-order valence-electron chi connectivity index (χ1n) is 5.25. The van der Waals surface area contributed by atoms with E-state index in [1.807, 2.05) is 32.1 Å². The normalized spacial score (nSPS) is 10.9. The van der Waals surface area contributed by atoms with Crippen molar-refractivity contribution in [1.29, 1.82) is 0 Å². The number of hydrogen-bond donors (Lipinski definition) is 0. The van der Waals surface area contributed by atoms with Gasteiger partial charge < -0.3 is 9.80 Å². The van der Waals surface area contributed by atoms with E-state index >= 15 is 0 Å². The zero-order chi connectivity index (χ0) is 12.1. The molecule has 0 aromatic heterocycles. The summed E-state index contributed by atoms with van der Waals surface area (Å²) in [7, 11) is 5.95. The monoisotopic (exact) mass is 288 g/mol. The highest BCUT2D eigenvalue weighted by Gasteiger charge is 2.11. The topological polar surface area (TPSA) is 6.48 Å². The molecule has 0 N–H and O–H groups in total. The Morgan fingerprint density at radius 2 is 1.88 bits per heavy atom. The predicted molar refractivity (Wildman–Crippen MR) is 70.9 cm³/mol. The van der Waals surface area contributed by atoms with Gasteiger partial charge in [-0.05, 0) is 25.7 Å². The molecule has 0 amide bonds. The largest absolute Gasteiger partial charge is 0.371 e. The Kier molecular flexibility index (Phi) is 5.22. The second kappa shape index (κ2) is 6.21. The van der Waals surface area contributed by atoms with Crippen LogP contribution in [0.25, 0.3) is 0 Å². The van der Waals surface area contributed by atoms with Crippen LogP contribution in [0.4, 0.5) is 10.1 Å². The van der Waals surface area contributed by atoms with Crippen LogP contribution in [0.5, 0.6) is 0 Å². The fourth-order valence-electron chi connectivity index (χ4n) is 1.56. The van der Waals surface area contributed by atoms with E-state index in [0.29, 0.717) is 11.0 Å². The van der Waals surface area contributed by atoms with Crippen molar-refractivity contribution in [1.82, 2.24) is 4.90 Å². The van der Waals surface area contributed by atoms with E-state index in [0.717, 1.165) is 18.7 Å². The molecule has 1 aromatic rings. The molecule has 90 valence electrons. The van der Waals surface area contributed by atoms with Gasteiger partial charge in [-0.3, -0.25) is 0 Å². The summed E-state index contributed by atoms with van der Waals surface area (Å²) in [5.41, 5.74) is 1.68. The smallest absolute Gasteiger partial charge is 0.146 e. The maximum Gasteiger partial charge on any atom is 0.146 e. The second-order valence-corrected chi connectivity index (χ2v) is 4.67. The number of para-hydroxylation sites is 1. The molecule has 0 radical (unpaired) electrons. The number of halogens is 2. The van der Waals surface area contributed by atoms with Crippen LogP contribution in [-0.4, -0.2) is 39.1 Å². The summed E-state index contributed by atoms with van der Waals surface area (Å²) in [6, 6.07) is 5.20. The summed E-state index contributed by atoms with van der Waals surface area (Å²) < 4.78 is 13.7. The molecular weight excluding hydrogens is 271 g/mol. The Bertz CT molecular complexity index is 342. The van der Waals surface area contributed by atoms with Crippen molar-refractivity contribution >= 4 is 21.6 Å². The maximum atomic E-state index is 13.7. The molecule has 1 rings (SSSR count). The average Bonchev–Trinajstić information content (AvgIpc) is 2.25. The van der Waals surface area contributed by atoms with Crippen LogP contribution in [0.3, 0.4) is 0 Å². The fourth-order valence-corrected chi connectivity index (χ4v) is 2.01. The van der Waals surface area contributed by atoms with Gasteiger partial charge in [0.1, 0.15) is 5.82 Å².